The molecule has 0 bridgehead atoms. The van der Waals surface area contributed by atoms with Crippen LogP contribution in [0.4, 0.5) is 4.79 Å². The average Bonchev–Trinajstić information content (AvgIpc) is 3.32. The van der Waals surface area contributed by atoms with Gasteiger partial charge in [-0.2, -0.15) is 0 Å². The molecule has 1 aromatic carbocycles. The molecule has 0 aromatic heterocycles. The molecule has 2 atom stereocenters. The summed E-state index contributed by atoms with van der Waals surface area (Å²) in [5, 5.41) is 3.27. The molecule has 0 radical (unpaired) electrons. The van der Waals surface area contributed by atoms with E-state index in [0.717, 1.165) is 77.9 Å². The highest BCUT2D eigenvalue weighted by Gasteiger charge is 2.43. The summed E-state index contributed by atoms with van der Waals surface area (Å²) in [4.78, 5) is 16.9. The SMILES string of the molecule is O=C(N[C@H]1CCO[C@]2(CCN(CCc3ccccc3)C2)C1)N1CCCC1. The summed E-state index contributed by atoms with van der Waals surface area (Å²) < 4.78 is 6.24. The number of hydrogen-bond donors (Lipinski definition) is 1. The summed E-state index contributed by atoms with van der Waals surface area (Å²) in [6.07, 6.45) is 6.34. The molecular weight excluding hydrogens is 326 g/mol. The van der Waals surface area contributed by atoms with Crippen LogP contribution in [0.5, 0.6) is 0 Å². The normalized spacial score (nSPS) is 29.4. The Labute approximate surface area is 156 Å². The van der Waals surface area contributed by atoms with Crippen LogP contribution in [0.3, 0.4) is 0 Å². The summed E-state index contributed by atoms with van der Waals surface area (Å²) in [6, 6.07) is 11.1. The van der Waals surface area contributed by atoms with Gasteiger partial charge in [0.05, 0.1) is 5.60 Å². The van der Waals surface area contributed by atoms with Gasteiger partial charge in [0.2, 0.25) is 0 Å². The third-order valence-corrected chi connectivity index (χ3v) is 6.17. The van der Waals surface area contributed by atoms with Gasteiger partial charge in [0.15, 0.2) is 0 Å². The Hall–Kier alpha value is -1.59. The van der Waals surface area contributed by atoms with E-state index in [4.69, 9.17) is 4.74 Å². The molecule has 3 saturated heterocycles. The highest BCUT2D eigenvalue weighted by molar-refractivity contribution is 5.74. The predicted octanol–water partition coefficient (Wildman–Crippen LogP) is 2.66. The summed E-state index contributed by atoms with van der Waals surface area (Å²) in [7, 11) is 0. The van der Waals surface area contributed by atoms with Gasteiger partial charge >= 0.3 is 6.03 Å². The molecule has 1 spiro atoms. The molecule has 142 valence electrons. The number of rotatable bonds is 4. The van der Waals surface area contributed by atoms with Gasteiger partial charge in [0.1, 0.15) is 0 Å². The standard InChI is InChI=1S/C21H31N3O2/c25-20(24-11-4-5-12-24)22-19-9-15-26-21(16-19)10-14-23(17-21)13-8-18-6-2-1-3-7-18/h1-3,6-7,19H,4-5,8-17H2,(H,22,25)/t19-,21+/m0/s1. The maximum atomic E-state index is 12.4. The first-order valence-electron chi connectivity index (χ1n) is 10.2. The molecule has 4 rings (SSSR count). The van der Waals surface area contributed by atoms with Crippen LogP contribution in [0.2, 0.25) is 0 Å². The van der Waals surface area contributed by atoms with Gasteiger partial charge in [0, 0.05) is 45.4 Å². The Kier molecular flexibility index (Phi) is 5.46. The lowest BCUT2D eigenvalue weighted by molar-refractivity contribution is -0.0789. The third-order valence-electron chi connectivity index (χ3n) is 6.17. The van der Waals surface area contributed by atoms with Crippen molar-refractivity contribution < 1.29 is 9.53 Å². The van der Waals surface area contributed by atoms with Crippen LogP contribution in [-0.2, 0) is 11.2 Å². The Morgan fingerprint density at radius 2 is 2.00 bits per heavy atom. The maximum Gasteiger partial charge on any atom is 0.317 e. The zero-order chi connectivity index (χ0) is 17.8. The molecule has 0 unspecified atom stereocenters. The fourth-order valence-electron chi connectivity index (χ4n) is 4.67. The van der Waals surface area contributed by atoms with Crippen molar-refractivity contribution in [1.82, 2.24) is 15.1 Å². The first-order chi connectivity index (χ1) is 12.7. The number of nitrogens with zero attached hydrogens (tertiary/aromatic N) is 2. The molecule has 2 amide bonds. The van der Waals surface area contributed by atoms with Crippen molar-refractivity contribution in [2.24, 2.45) is 0 Å². The summed E-state index contributed by atoms with van der Waals surface area (Å²) in [6.45, 7) is 5.76. The van der Waals surface area contributed by atoms with E-state index in [1.54, 1.807) is 0 Å². The van der Waals surface area contributed by atoms with E-state index in [-0.39, 0.29) is 17.7 Å². The van der Waals surface area contributed by atoms with Crippen LogP contribution in [0.25, 0.3) is 0 Å². The highest BCUT2D eigenvalue weighted by atomic mass is 16.5. The lowest BCUT2D eigenvalue weighted by Gasteiger charge is -2.39. The summed E-state index contributed by atoms with van der Waals surface area (Å²) in [5.74, 6) is 0. The van der Waals surface area contributed by atoms with E-state index >= 15 is 0 Å². The van der Waals surface area contributed by atoms with Gasteiger partial charge < -0.3 is 19.9 Å². The average molecular weight is 357 g/mol. The number of likely N-dealkylation sites (tertiary alicyclic amines) is 2. The van der Waals surface area contributed by atoms with E-state index in [0.29, 0.717) is 0 Å². The third kappa shape index (κ3) is 4.21. The minimum atomic E-state index is -0.0576. The molecular formula is C21H31N3O2. The van der Waals surface area contributed by atoms with Crippen molar-refractivity contribution in [3.05, 3.63) is 35.9 Å². The second-order valence-electron chi connectivity index (χ2n) is 8.13. The number of ether oxygens (including phenoxy) is 1. The van der Waals surface area contributed by atoms with E-state index < -0.39 is 0 Å². The summed E-state index contributed by atoms with van der Waals surface area (Å²) >= 11 is 0. The molecule has 1 N–H and O–H groups in total. The van der Waals surface area contributed by atoms with E-state index in [1.807, 2.05) is 4.90 Å². The zero-order valence-electron chi connectivity index (χ0n) is 15.7. The van der Waals surface area contributed by atoms with Gasteiger partial charge in [-0.15, -0.1) is 0 Å². The molecule has 5 heteroatoms. The maximum absolute atomic E-state index is 12.4. The fraction of sp³-hybridized carbons (Fsp3) is 0.667. The monoisotopic (exact) mass is 357 g/mol. The van der Waals surface area contributed by atoms with Crippen LogP contribution in [0.1, 0.15) is 37.7 Å². The van der Waals surface area contributed by atoms with Crippen molar-refractivity contribution in [2.75, 3.05) is 39.3 Å². The molecule has 3 aliphatic heterocycles. The number of nitrogens with one attached hydrogen (secondary N) is 1. The lowest BCUT2D eigenvalue weighted by Crippen LogP contribution is -2.52. The van der Waals surface area contributed by atoms with Crippen LogP contribution >= 0.6 is 0 Å². The molecule has 0 saturated carbocycles. The predicted molar refractivity (Wildman–Crippen MR) is 102 cm³/mol. The van der Waals surface area contributed by atoms with Gasteiger partial charge in [-0.1, -0.05) is 30.3 Å². The highest BCUT2D eigenvalue weighted by Crippen LogP contribution is 2.34. The zero-order valence-corrected chi connectivity index (χ0v) is 15.7. The molecule has 1 aromatic rings. The second-order valence-corrected chi connectivity index (χ2v) is 8.13. The topological polar surface area (TPSA) is 44.8 Å². The Balaban J connectivity index is 1.27. The van der Waals surface area contributed by atoms with Crippen LogP contribution in [0, 0.1) is 0 Å². The Bertz CT molecular complexity index is 603. The number of amides is 2. The van der Waals surface area contributed by atoms with E-state index in [9.17, 15) is 4.79 Å². The molecule has 3 heterocycles. The number of carbonyl (C=O) groups excluding carboxylic acids is 1. The number of urea groups is 1. The van der Waals surface area contributed by atoms with E-state index in [1.165, 1.54) is 5.56 Å². The lowest BCUT2D eigenvalue weighted by atomic mass is 9.89. The van der Waals surface area contributed by atoms with E-state index in [2.05, 4.69) is 40.5 Å². The van der Waals surface area contributed by atoms with Crippen molar-refractivity contribution in [3.63, 3.8) is 0 Å². The van der Waals surface area contributed by atoms with Crippen LogP contribution < -0.4 is 5.32 Å². The summed E-state index contributed by atoms with van der Waals surface area (Å²) in [5.41, 5.74) is 1.34. The minimum absolute atomic E-state index is 0.0576. The molecule has 5 nitrogen and oxygen atoms in total. The van der Waals surface area contributed by atoms with Crippen LogP contribution in [-0.4, -0.2) is 66.8 Å². The minimum Gasteiger partial charge on any atom is -0.373 e. The van der Waals surface area contributed by atoms with Gasteiger partial charge in [-0.25, -0.2) is 4.79 Å². The quantitative estimate of drug-likeness (QED) is 0.901. The molecule has 3 aliphatic rings. The van der Waals surface area contributed by atoms with Gasteiger partial charge in [0.25, 0.3) is 0 Å². The fourth-order valence-corrected chi connectivity index (χ4v) is 4.67. The van der Waals surface area contributed by atoms with Crippen molar-refractivity contribution in [2.45, 2.75) is 50.2 Å². The number of carbonyl (C=O) groups is 1. The largest absolute Gasteiger partial charge is 0.373 e. The molecule has 26 heavy (non-hydrogen) atoms. The van der Waals surface area contributed by atoms with Crippen molar-refractivity contribution in [3.8, 4) is 0 Å². The Morgan fingerprint density at radius 3 is 2.81 bits per heavy atom. The smallest absolute Gasteiger partial charge is 0.317 e. The van der Waals surface area contributed by atoms with Crippen LogP contribution in [0.15, 0.2) is 30.3 Å². The molecule has 3 fully saturated rings. The molecule has 0 aliphatic carbocycles. The number of benzene rings is 1. The van der Waals surface area contributed by atoms with Crippen molar-refractivity contribution in [1.29, 1.82) is 0 Å². The van der Waals surface area contributed by atoms with Gasteiger partial charge in [-0.05, 0) is 44.1 Å². The number of hydrogen-bond acceptors (Lipinski definition) is 3. The first kappa shape index (κ1) is 17.8. The Morgan fingerprint density at radius 1 is 1.19 bits per heavy atom. The first-order valence-corrected chi connectivity index (χ1v) is 10.2. The van der Waals surface area contributed by atoms with Crippen molar-refractivity contribution >= 4 is 6.03 Å². The second kappa shape index (κ2) is 7.97. The van der Waals surface area contributed by atoms with Gasteiger partial charge in [-0.3, -0.25) is 0 Å².